The first-order valence-corrected chi connectivity index (χ1v) is 21.7. The van der Waals surface area contributed by atoms with E-state index in [1.165, 1.54) is 11.9 Å². The topological polar surface area (TPSA) is 211 Å². The first kappa shape index (κ1) is 42.8. The number of carbonyl (C=O) groups excluding carboxylic acids is 6. The standard InChI is InChI=1S/C47H53N9O7/c1-53(38-13-14-41(59)50-44(38)61)45(62)36-27-34(12-11-31(36)29-57)54-21-15-30(16-22-54)43(60)49-33-17-23-56(24-18-33)46(63)47(32-7-3-2-4-8-32)19-25-55(26-20-47)39-28-37(51-52-42(39)48)35-9-5-6-10-40(35)58/h2-12,27-30,33,38,58H,13-26H2,1H3,(H2,48,52)(H,49,60)(H,50,59,61). The number of nitrogens with zero attached hydrogens (tertiary/aromatic N) is 6. The number of nitrogens with two attached hydrogens (primary N) is 1. The van der Waals surface area contributed by atoms with E-state index in [2.05, 4.69) is 30.6 Å². The zero-order chi connectivity index (χ0) is 44.3. The summed E-state index contributed by atoms with van der Waals surface area (Å²) in [4.78, 5) is 85.4. The lowest BCUT2D eigenvalue weighted by Gasteiger charge is -2.45. The van der Waals surface area contributed by atoms with Gasteiger partial charge in [0.25, 0.3) is 5.91 Å². The van der Waals surface area contributed by atoms with Crippen molar-refractivity contribution in [2.45, 2.75) is 68.9 Å². The van der Waals surface area contributed by atoms with Crippen LogP contribution >= 0.6 is 0 Å². The van der Waals surface area contributed by atoms with Crippen molar-refractivity contribution in [1.82, 2.24) is 30.6 Å². The fourth-order valence-corrected chi connectivity index (χ4v) is 9.64. The van der Waals surface area contributed by atoms with E-state index in [4.69, 9.17) is 5.73 Å². The first-order valence-electron chi connectivity index (χ1n) is 21.7. The Balaban J connectivity index is 0.858. The van der Waals surface area contributed by atoms with E-state index in [0.717, 1.165) is 11.3 Å². The molecule has 4 aliphatic heterocycles. The fraction of sp³-hybridized carbons (Fsp3) is 0.404. The predicted octanol–water partition coefficient (Wildman–Crippen LogP) is 3.68. The van der Waals surface area contributed by atoms with Crippen LogP contribution in [0.3, 0.4) is 0 Å². The van der Waals surface area contributed by atoms with Crippen LogP contribution in [0.25, 0.3) is 11.3 Å². The minimum Gasteiger partial charge on any atom is -0.507 e. The van der Waals surface area contributed by atoms with Gasteiger partial charge in [0, 0.05) is 81.5 Å². The Bertz CT molecular complexity index is 2390. The Hall–Kier alpha value is -6.84. The molecule has 0 bridgehead atoms. The molecule has 3 aromatic carbocycles. The number of aromatic nitrogens is 2. The highest BCUT2D eigenvalue weighted by Crippen LogP contribution is 2.41. The number of likely N-dealkylation sites (N-methyl/N-ethyl adjacent to an activating group) is 1. The highest BCUT2D eigenvalue weighted by atomic mass is 16.3. The SMILES string of the molecule is CN(C(=O)c1cc(N2CCC(C(=O)NC3CCN(C(=O)C4(c5ccccc5)CCN(c5cc(-c6ccccc6O)nnc5N)CC4)CC3)CC2)ccc1C=O)C1CCC(=O)NC1=O. The summed E-state index contributed by atoms with van der Waals surface area (Å²) in [5, 5.41) is 24.5. The minimum atomic E-state index is -0.819. The number of nitrogen functional groups attached to an aromatic ring is 1. The van der Waals surface area contributed by atoms with Crippen molar-refractivity contribution < 1.29 is 33.9 Å². The molecule has 4 fully saturated rings. The highest BCUT2D eigenvalue weighted by Gasteiger charge is 2.46. The molecule has 1 aromatic heterocycles. The summed E-state index contributed by atoms with van der Waals surface area (Å²) >= 11 is 0. The number of hydrogen-bond donors (Lipinski definition) is 4. The summed E-state index contributed by atoms with van der Waals surface area (Å²) in [6.45, 7) is 3.33. The summed E-state index contributed by atoms with van der Waals surface area (Å²) < 4.78 is 0. The monoisotopic (exact) mass is 855 g/mol. The lowest BCUT2D eigenvalue weighted by atomic mass is 9.71. The molecule has 328 valence electrons. The average Bonchev–Trinajstić information content (AvgIpc) is 3.31. The number of rotatable bonds is 10. The van der Waals surface area contributed by atoms with Gasteiger partial charge >= 0.3 is 0 Å². The van der Waals surface area contributed by atoms with Gasteiger partial charge in [-0.25, -0.2) is 0 Å². The number of benzene rings is 3. The second-order valence-corrected chi connectivity index (χ2v) is 17.1. The number of phenols is 1. The van der Waals surface area contributed by atoms with Gasteiger partial charge in [-0.3, -0.25) is 34.1 Å². The Morgan fingerprint density at radius 3 is 2.24 bits per heavy atom. The van der Waals surface area contributed by atoms with Crippen LogP contribution in [0.15, 0.2) is 78.9 Å². The Labute approximate surface area is 365 Å². The Kier molecular flexibility index (Phi) is 12.4. The van der Waals surface area contributed by atoms with Crippen LogP contribution in [-0.4, -0.2) is 119 Å². The second kappa shape index (κ2) is 18.2. The van der Waals surface area contributed by atoms with Crippen molar-refractivity contribution >= 4 is 53.0 Å². The molecule has 5 heterocycles. The molecule has 4 aliphatic rings. The molecule has 5 N–H and O–H groups in total. The van der Waals surface area contributed by atoms with Gasteiger partial charge in [0.2, 0.25) is 23.6 Å². The lowest BCUT2D eigenvalue weighted by Crippen LogP contribution is -2.56. The average molecular weight is 856 g/mol. The molecule has 0 aliphatic carbocycles. The maximum Gasteiger partial charge on any atom is 0.255 e. The number of aldehydes is 1. The molecule has 8 rings (SSSR count). The molecule has 0 saturated carbocycles. The molecule has 1 atom stereocenters. The molecule has 63 heavy (non-hydrogen) atoms. The molecule has 0 radical (unpaired) electrons. The van der Waals surface area contributed by atoms with Crippen LogP contribution in [0.2, 0.25) is 0 Å². The number of amides is 5. The Morgan fingerprint density at radius 2 is 1.56 bits per heavy atom. The number of hydrogen-bond acceptors (Lipinski definition) is 12. The number of likely N-dealkylation sites (tertiary alicyclic amines) is 1. The van der Waals surface area contributed by atoms with Crippen LogP contribution in [0.5, 0.6) is 5.75 Å². The van der Waals surface area contributed by atoms with Gasteiger partial charge in [-0.05, 0) is 86.9 Å². The number of phenolic OH excluding ortho intramolecular Hbond substituents is 1. The largest absolute Gasteiger partial charge is 0.507 e. The van der Waals surface area contributed by atoms with Crippen molar-refractivity contribution in [3.63, 3.8) is 0 Å². The van der Waals surface area contributed by atoms with E-state index in [1.807, 2.05) is 47.4 Å². The fourth-order valence-electron chi connectivity index (χ4n) is 9.64. The molecule has 5 amide bonds. The van der Waals surface area contributed by atoms with E-state index in [1.54, 1.807) is 36.4 Å². The number of aromatic hydroxyl groups is 1. The molecule has 4 saturated heterocycles. The quantitative estimate of drug-likeness (QED) is 0.133. The van der Waals surface area contributed by atoms with Crippen LogP contribution in [-0.2, 0) is 24.6 Å². The Morgan fingerprint density at radius 1 is 0.857 bits per heavy atom. The normalized spacial score (nSPS) is 19.6. The van der Waals surface area contributed by atoms with E-state index >= 15 is 0 Å². The van der Waals surface area contributed by atoms with Crippen molar-refractivity contribution in [1.29, 1.82) is 0 Å². The molecule has 16 nitrogen and oxygen atoms in total. The third kappa shape index (κ3) is 8.79. The molecular weight excluding hydrogens is 803 g/mol. The molecule has 4 aromatic rings. The summed E-state index contributed by atoms with van der Waals surface area (Å²) in [6, 6.07) is 22.9. The van der Waals surface area contributed by atoms with Gasteiger partial charge in [0.15, 0.2) is 12.1 Å². The summed E-state index contributed by atoms with van der Waals surface area (Å²) in [7, 11) is 1.50. The summed E-state index contributed by atoms with van der Waals surface area (Å²) in [5.41, 5.74) is 9.51. The van der Waals surface area contributed by atoms with Crippen molar-refractivity contribution in [2.24, 2.45) is 5.92 Å². The number of nitrogens with one attached hydrogen (secondary N) is 2. The molecular formula is C47H53N9O7. The number of carbonyl (C=O) groups is 6. The smallest absolute Gasteiger partial charge is 0.255 e. The molecule has 1 unspecified atom stereocenters. The van der Waals surface area contributed by atoms with Crippen LogP contribution in [0.4, 0.5) is 17.2 Å². The van der Waals surface area contributed by atoms with Gasteiger partial charge in [-0.1, -0.05) is 42.5 Å². The zero-order valence-electron chi connectivity index (χ0n) is 35.4. The minimum absolute atomic E-state index is 0.00102. The zero-order valence-corrected chi connectivity index (χ0v) is 35.4. The van der Waals surface area contributed by atoms with E-state index < -0.39 is 23.3 Å². The van der Waals surface area contributed by atoms with E-state index in [0.29, 0.717) is 101 Å². The number of para-hydroxylation sites is 1. The van der Waals surface area contributed by atoms with Crippen molar-refractivity contribution in [3.8, 4) is 17.0 Å². The third-order valence-electron chi connectivity index (χ3n) is 13.4. The van der Waals surface area contributed by atoms with E-state index in [-0.39, 0.29) is 65.2 Å². The van der Waals surface area contributed by atoms with E-state index in [9.17, 15) is 33.9 Å². The maximum atomic E-state index is 14.7. The summed E-state index contributed by atoms with van der Waals surface area (Å²) in [5.74, 6) is -1.11. The maximum absolute atomic E-state index is 14.7. The second-order valence-electron chi connectivity index (χ2n) is 17.1. The number of anilines is 3. The van der Waals surface area contributed by atoms with Gasteiger partial charge in [0.1, 0.15) is 11.8 Å². The third-order valence-corrected chi connectivity index (χ3v) is 13.4. The highest BCUT2D eigenvalue weighted by molar-refractivity contribution is 6.06. The molecule has 0 spiro atoms. The lowest BCUT2D eigenvalue weighted by molar-refractivity contribution is -0.140. The summed E-state index contributed by atoms with van der Waals surface area (Å²) in [6.07, 6.45) is 4.58. The number of imide groups is 1. The molecule has 16 heteroatoms. The van der Waals surface area contributed by atoms with Gasteiger partial charge < -0.3 is 35.8 Å². The van der Waals surface area contributed by atoms with Gasteiger partial charge in [-0.2, -0.15) is 0 Å². The van der Waals surface area contributed by atoms with Crippen molar-refractivity contribution in [3.05, 3.63) is 95.6 Å². The number of piperidine rings is 4. The van der Waals surface area contributed by atoms with Gasteiger partial charge in [0.05, 0.1) is 22.4 Å². The predicted molar refractivity (Wildman–Crippen MR) is 236 cm³/mol. The van der Waals surface area contributed by atoms with Crippen molar-refractivity contribution in [2.75, 3.05) is 61.8 Å². The first-order chi connectivity index (χ1) is 30.4. The van der Waals surface area contributed by atoms with Crippen LogP contribution in [0.1, 0.15) is 77.6 Å². The van der Waals surface area contributed by atoms with Crippen LogP contribution < -0.4 is 26.2 Å². The van der Waals surface area contributed by atoms with Crippen LogP contribution in [0, 0.1) is 5.92 Å². The van der Waals surface area contributed by atoms with Gasteiger partial charge in [-0.15, -0.1) is 10.2 Å².